The standard InChI is InChI=1S/C21H21N3O4/c1-4-17(20(27)23-15-8-6-14(7-9-15)22-13(3)25)24-18-10-5-12(2)11-16(18)19(26)21(24)28/h5-11,17H,4H2,1-3H3,(H,22,25)(H,23,27). The van der Waals surface area contributed by atoms with E-state index in [-0.39, 0.29) is 11.8 Å². The van der Waals surface area contributed by atoms with Crippen LogP contribution in [0.4, 0.5) is 17.1 Å². The van der Waals surface area contributed by atoms with E-state index in [9.17, 15) is 19.2 Å². The number of ketones is 1. The normalized spacial score (nSPS) is 13.9. The van der Waals surface area contributed by atoms with E-state index in [2.05, 4.69) is 10.6 Å². The highest BCUT2D eigenvalue weighted by atomic mass is 16.2. The Hall–Kier alpha value is -3.48. The van der Waals surface area contributed by atoms with Gasteiger partial charge in [0.25, 0.3) is 11.7 Å². The molecule has 0 aromatic heterocycles. The summed E-state index contributed by atoms with van der Waals surface area (Å²) in [4.78, 5) is 50.1. The number of aryl methyl sites for hydroxylation is 1. The molecule has 28 heavy (non-hydrogen) atoms. The zero-order valence-corrected chi connectivity index (χ0v) is 15.9. The smallest absolute Gasteiger partial charge is 0.300 e. The van der Waals surface area contributed by atoms with Gasteiger partial charge in [-0.2, -0.15) is 0 Å². The average molecular weight is 379 g/mol. The molecule has 7 heteroatoms. The first-order valence-corrected chi connectivity index (χ1v) is 8.99. The first kappa shape index (κ1) is 19.3. The highest BCUT2D eigenvalue weighted by Crippen LogP contribution is 2.32. The van der Waals surface area contributed by atoms with Crippen LogP contribution in [-0.2, 0) is 14.4 Å². The second-order valence-corrected chi connectivity index (χ2v) is 6.70. The fourth-order valence-corrected chi connectivity index (χ4v) is 3.24. The van der Waals surface area contributed by atoms with Crippen LogP contribution < -0.4 is 15.5 Å². The van der Waals surface area contributed by atoms with Crippen LogP contribution in [0.3, 0.4) is 0 Å². The van der Waals surface area contributed by atoms with Gasteiger partial charge in [-0.3, -0.25) is 24.1 Å². The molecule has 0 radical (unpaired) electrons. The number of nitrogens with zero attached hydrogens (tertiary/aromatic N) is 1. The van der Waals surface area contributed by atoms with E-state index in [0.29, 0.717) is 29.0 Å². The van der Waals surface area contributed by atoms with E-state index < -0.39 is 17.7 Å². The molecule has 0 aliphatic carbocycles. The van der Waals surface area contributed by atoms with Crippen molar-refractivity contribution in [3.05, 3.63) is 53.6 Å². The zero-order chi connectivity index (χ0) is 20.4. The van der Waals surface area contributed by atoms with E-state index in [4.69, 9.17) is 0 Å². The molecule has 1 heterocycles. The summed E-state index contributed by atoms with van der Waals surface area (Å²) in [7, 11) is 0. The monoisotopic (exact) mass is 379 g/mol. The number of hydrogen-bond acceptors (Lipinski definition) is 4. The summed E-state index contributed by atoms with van der Waals surface area (Å²) >= 11 is 0. The van der Waals surface area contributed by atoms with Gasteiger partial charge >= 0.3 is 0 Å². The minimum Gasteiger partial charge on any atom is -0.326 e. The molecule has 2 aromatic rings. The van der Waals surface area contributed by atoms with Crippen LogP contribution in [0.15, 0.2) is 42.5 Å². The van der Waals surface area contributed by atoms with Crippen molar-refractivity contribution in [2.75, 3.05) is 15.5 Å². The number of anilines is 3. The van der Waals surface area contributed by atoms with Gasteiger partial charge in [-0.15, -0.1) is 0 Å². The molecule has 0 saturated carbocycles. The molecule has 3 rings (SSSR count). The number of carbonyl (C=O) groups is 4. The summed E-state index contributed by atoms with van der Waals surface area (Å²) in [5.74, 6) is -1.86. The molecule has 1 unspecified atom stereocenters. The third-order valence-electron chi connectivity index (χ3n) is 4.54. The maximum Gasteiger partial charge on any atom is 0.300 e. The number of nitrogens with one attached hydrogen (secondary N) is 2. The Morgan fingerprint density at radius 1 is 1.00 bits per heavy atom. The molecule has 7 nitrogen and oxygen atoms in total. The predicted octanol–water partition coefficient (Wildman–Crippen LogP) is 2.90. The van der Waals surface area contributed by atoms with E-state index in [0.717, 1.165) is 5.56 Å². The van der Waals surface area contributed by atoms with Crippen molar-refractivity contribution in [3.8, 4) is 0 Å². The van der Waals surface area contributed by atoms with Crippen LogP contribution in [-0.4, -0.2) is 29.5 Å². The summed E-state index contributed by atoms with van der Waals surface area (Å²) in [5.41, 5.74) is 2.81. The summed E-state index contributed by atoms with van der Waals surface area (Å²) < 4.78 is 0. The quantitative estimate of drug-likeness (QED) is 0.781. The van der Waals surface area contributed by atoms with Crippen LogP contribution in [0.5, 0.6) is 0 Å². The summed E-state index contributed by atoms with van der Waals surface area (Å²) in [6.45, 7) is 5.04. The lowest BCUT2D eigenvalue weighted by atomic mass is 10.1. The SMILES string of the molecule is CCC(C(=O)Nc1ccc(NC(C)=O)cc1)N1C(=O)C(=O)c2cc(C)ccc21. The molecular weight excluding hydrogens is 358 g/mol. The Balaban J connectivity index is 1.82. The maximum atomic E-state index is 12.8. The molecule has 2 N–H and O–H groups in total. The average Bonchev–Trinajstić information content (AvgIpc) is 2.88. The second-order valence-electron chi connectivity index (χ2n) is 6.70. The van der Waals surface area contributed by atoms with E-state index >= 15 is 0 Å². The van der Waals surface area contributed by atoms with Crippen molar-refractivity contribution >= 4 is 40.6 Å². The third-order valence-corrected chi connectivity index (χ3v) is 4.54. The first-order valence-electron chi connectivity index (χ1n) is 8.99. The van der Waals surface area contributed by atoms with Crippen LogP contribution in [0.2, 0.25) is 0 Å². The Morgan fingerprint density at radius 3 is 2.18 bits per heavy atom. The number of amides is 3. The molecular formula is C21H21N3O4. The topological polar surface area (TPSA) is 95.6 Å². The molecule has 0 bridgehead atoms. The molecule has 3 amide bonds. The number of Topliss-reactive ketones (excluding diaryl/α,β-unsaturated/α-hetero) is 1. The summed E-state index contributed by atoms with van der Waals surface area (Å²) in [6, 6.07) is 11.0. The molecule has 144 valence electrons. The van der Waals surface area contributed by atoms with Crippen LogP contribution in [0.1, 0.15) is 36.2 Å². The molecule has 2 aromatic carbocycles. The fourth-order valence-electron chi connectivity index (χ4n) is 3.24. The Bertz CT molecular complexity index is 966. The molecule has 0 spiro atoms. The third kappa shape index (κ3) is 3.64. The van der Waals surface area contributed by atoms with Crippen LogP contribution in [0.25, 0.3) is 0 Å². The highest BCUT2D eigenvalue weighted by Gasteiger charge is 2.41. The predicted molar refractivity (Wildman–Crippen MR) is 106 cm³/mol. The van der Waals surface area contributed by atoms with Gasteiger partial charge < -0.3 is 10.6 Å². The lowest BCUT2D eigenvalue weighted by Gasteiger charge is -2.26. The van der Waals surface area contributed by atoms with Gasteiger partial charge in [-0.25, -0.2) is 0 Å². The van der Waals surface area contributed by atoms with Gasteiger partial charge in [-0.1, -0.05) is 18.6 Å². The summed E-state index contributed by atoms with van der Waals surface area (Å²) in [5, 5.41) is 5.42. The van der Waals surface area contributed by atoms with Crippen molar-refractivity contribution in [2.45, 2.75) is 33.2 Å². The highest BCUT2D eigenvalue weighted by molar-refractivity contribution is 6.53. The molecule has 0 fully saturated rings. The van der Waals surface area contributed by atoms with E-state index in [1.807, 2.05) is 13.0 Å². The number of hydrogen-bond donors (Lipinski definition) is 2. The lowest BCUT2D eigenvalue weighted by Crippen LogP contribution is -2.46. The van der Waals surface area contributed by atoms with Gasteiger partial charge in [0.2, 0.25) is 11.8 Å². The second kappa shape index (κ2) is 7.64. The largest absolute Gasteiger partial charge is 0.326 e. The van der Waals surface area contributed by atoms with Crippen molar-refractivity contribution in [2.24, 2.45) is 0 Å². The minimum atomic E-state index is -0.810. The van der Waals surface area contributed by atoms with Crippen molar-refractivity contribution in [1.82, 2.24) is 0 Å². The number of rotatable bonds is 5. The Kier molecular flexibility index (Phi) is 5.26. The molecule has 0 saturated heterocycles. The Morgan fingerprint density at radius 2 is 1.61 bits per heavy atom. The molecule has 1 aliphatic heterocycles. The fraction of sp³-hybridized carbons (Fsp3) is 0.238. The van der Waals surface area contributed by atoms with Gasteiger partial charge in [0.05, 0.1) is 11.3 Å². The lowest BCUT2D eigenvalue weighted by molar-refractivity contribution is -0.121. The number of carbonyl (C=O) groups excluding carboxylic acids is 4. The molecule has 1 atom stereocenters. The van der Waals surface area contributed by atoms with Gasteiger partial charge in [0.15, 0.2) is 0 Å². The van der Waals surface area contributed by atoms with Crippen LogP contribution in [0, 0.1) is 6.92 Å². The number of fused-ring (bicyclic) bond motifs is 1. The first-order chi connectivity index (χ1) is 13.3. The molecule has 1 aliphatic rings. The maximum absolute atomic E-state index is 12.8. The zero-order valence-electron chi connectivity index (χ0n) is 15.9. The van der Waals surface area contributed by atoms with E-state index in [1.165, 1.54) is 11.8 Å². The Labute approximate surface area is 162 Å². The number of benzene rings is 2. The van der Waals surface area contributed by atoms with E-state index in [1.54, 1.807) is 43.3 Å². The van der Waals surface area contributed by atoms with Crippen LogP contribution >= 0.6 is 0 Å². The summed E-state index contributed by atoms with van der Waals surface area (Å²) in [6.07, 6.45) is 0.349. The van der Waals surface area contributed by atoms with Crippen molar-refractivity contribution < 1.29 is 19.2 Å². The van der Waals surface area contributed by atoms with Gasteiger partial charge in [0, 0.05) is 18.3 Å². The van der Waals surface area contributed by atoms with Gasteiger partial charge in [-0.05, 0) is 49.7 Å². The van der Waals surface area contributed by atoms with Gasteiger partial charge in [0.1, 0.15) is 6.04 Å². The van der Waals surface area contributed by atoms with Crippen molar-refractivity contribution in [3.63, 3.8) is 0 Å². The van der Waals surface area contributed by atoms with Crippen molar-refractivity contribution in [1.29, 1.82) is 0 Å². The minimum absolute atomic E-state index is 0.186.